The van der Waals surface area contributed by atoms with Crippen LogP contribution in [0.5, 0.6) is 0 Å². The Kier molecular flexibility index (Phi) is 6.24. The van der Waals surface area contributed by atoms with Gasteiger partial charge in [0, 0.05) is 16.6 Å². The molecule has 0 bridgehead atoms. The quantitative estimate of drug-likeness (QED) is 0.815. The molecule has 0 saturated heterocycles. The van der Waals surface area contributed by atoms with Crippen LogP contribution in [0.25, 0.3) is 0 Å². The van der Waals surface area contributed by atoms with E-state index in [1.54, 1.807) is 0 Å². The molecule has 0 heterocycles. The molecule has 1 saturated carbocycles. The normalized spacial score (nSPS) is 24.1. The van der Waals surface area contributed by atoms with Gasteiger partial charge in [-0.15, -0.1) is 0 Å². The van der Waals surface area contributed by atoms with Crippen LogP contribution in [-0.2, 0) is 11.2 Å². The fourth-order valence-electron chi connectivity index (χ4n) is 3.04. The fourth-order valence-corrected chi connectivity index (χ4v) is 3.30. The number of carbonyl (C=O) groups is 1. The van der Waals surface area contributed by atoms with E-state index in [4.69, 9.17) is 5.73 Å². The summed E-state index contributed by atoms with van der Waals surface area (Å²) in [5.74, 6) is 0.119. The van der Waals surface area contributed by atoms with Gasteiger partial charge in [0.25, 0.3) is 0 Å². The maximum atomic E-state index is 12.4. The second-order valence-electron chi connectivity index (χ2n) is 6.15. The van der Waals surface area contributed by atoms with E-state index in [0.29, 0.717) is 0 Å². The summed E-state index contributed by atoms with van der Waals surface area (Å²) >= 11 is 3.43. The van der Waals surface area contributed by atoms with Gasteiger partial charge in [-0.2, -0.15) is 0 Å². The maximum Gasteiger partial charge on any atom is 0.224 e. The molecule has 1 aliphatic carbocycles. The molecular weight excluding hydrogens is 328 g/mol. The van der Waals surface area contributed by atoms with E-state index < -0.39 is 0 Å². The Morgan fingerprint density at radius 3 is 2.67 bits per heavy atom. The number of amides is 1. The summed E-state index contributed by atoms with van der Waals surface area (Å²) in [6.07, 6.45) is 6.22. The Balaban J connectivity index is 1.87. The molecule has 21 heavy (non-hydrogen) atoms. The van der Waals surface area contributed by atoms with Crippen molar-refractivity contribution in [3.05, 3.63) is 34.3 Å². The van der Waals surface area contributed by atoms with E-state index in [-0.39, 0.29) is 23.9 Å². The molecule has 1 aromatic rings. The van der Waals surface area contributed by atoms with Gasteiger partial charge in [-0.05, 0) is 43.9 Å². The van der Waals surface area contributed by atoms with E-state index in [9.17, 15) is 4.79 Å². The van der Waals surface area contributed by atoms with Crippen LogP contribution in [0, 0.1) is 5.92 Å². The lowest BCUT2D eigenvalue weighted by atomic mass is 9.94. The van der Waals surface area contributed by atoms with Gasteiger partial charge in [0.1, 0.15) is 0 Å². The smallest absolute Gasteiger partial charge is 0.224 e. The van der Waals surface area contributed by atoms with Crippen molar-refractivity contribution in [1.29, 1.82) is 0 Å². The highest BCUT2D eigenvalue weighted by Gasteiger charge is 2.27. The number of carbonyl (C=O) groups excluding carboxylic acids is 1. The van der Waals surface area contributed by atoms with Gasteiger partial charge in [-0.25, -0.2) is 0 Å². The van der Waals surface area contributed by atoms with E-state index in [0.717, 1.165) is 36.6 Å². The summed E-state index contributed by atoms with van der Waals surface area (Å²) in [4.78, 5) is 12.4. The first-order valence-corrected chi connectivity index (χ1v) is 8.66. The van der Waals surface area contributed by atoms with Crippen LogP contribution in [0.15, 0.2) is 28.7 Å². The van der Waals surface area contributed by atoms with Crippen LogP contribution in [-0.4, -0.2) is 18.0 Å². The third kappa shape index (κ3) is 5.11. The maximum absolute atomic E-state index is 12.4. The second-order valence-corrected chi connectivity index (χ2v) is 7.06. The molecule has 0 aromatic heterocycles. The molecule has 116 valence electrons. The fraction of sp³-hybridized carbons (Fsp3) is 0.588. The van der Waals surface area contributed by atoms with Gasteiger partial charge in [0.15, 0.2) is 0 Å². The molecule has 1 amide bonds. The average molecular weight is 353 g/mol. The first-order valence-electron chi connectivity index (χ1n) is 7.86. The molecule has 3 unspecified atom stereocenters. The Hall–Kier alpha value is -0.870. The first kappa shape index (κ1) is 16.5. The van der Waals surface area contributed by atoms with E-state index in [1.165, 1.54) is 12.0 Å². The minimum Gasteiger partial charge on any atom is -0.353 e. The predicted molar refractivity (Wildman–Crippen MR) is 90.0 cm³/mol. The summed E-state index contributed by atoms with van der Waals surface area (Å²) in [7, 11) is 0. The number of nitrogens with two attached hydrogens (primary N) is 1. The van der Waals surface area contributed by atoms with E-state index in [1.807, 2.05) is 12.1 Å². The van der Waals surface area contributed by atoms with Crippen molar-refractivity contribution in [2.45, 2.75) is 57.5 Å². The molecule has 4 heteroatoms. The lowest BCUT2D eigenvalue weighted by Crippen LogP contribution is -2.44. The third-order valence-electron chi connectivity index (χ3n) is 4.25. The van der Waals surface area contributed by atoms with Gasteiger partial charge in [-0.1, -0.05) is 47.3 Å². The van der Waals surface area contributed by atoms with E-state index >= 15 is 0 Å². The average Bonchev–Trinajstić information content (AvgIpc) is 2.66. The molecular formula is C17H25BrN2O. The Bertz CT molecular complexity index is 460. The molecule has 2 rings (SSSR count). The summed E-state index contributed by atoms with van der Waals surface area (Å²) in [5.41, 5.74) is 7.39. The van der Waals surface area contributed by atoms with E-state index in [2.05, 4.69) is 40.3 Å². The first-order chi connectivity index (χ1) is 10.1. The van der Waals surface area contributed by atoms with Crippen LogP contribution in [0.3, 0.4) is 0 Å². The Morgan fingerprint density at radius 2 is 1.95 bits per heavy atom. The molecule has 3 N–H and O–H groups in total. The predicted octanol–water partition coefficient (Wildman–Crippen LogP) is 3.40. The minimum absolute atomic E-state index is 0.0140. The highest BCUT2D eigenvalue weighted by atomic mass is 79.9. The van der Waals surface area contributed by atoms with Gasteiger partial charge < -0.3 is 11.1 Å². The second kappa shape index (κ2) is 7.95. The summed E-state index contributed by atoms with van der Waals surface area (Å²) in [5, 5.41) is 3.14. The van der Waals surface area contributed by atoms with Gasteiger partial charge in [0.05, 0.1) is 5.92 Å². The number of rotatable bonds is 4. The number of hydrogen-bond acceptors (Lipinski definition) is 2. The van der Waals surface area contributed by atoms with Crippen molar-refractivity contribution in [2.24, 2.45) is 11.7 Å². The molecule has 1 fully saturated rings. The zero-order valence-corrected chi connectivity index (χ0v) is 14.2. The highest BCUT2D eigenvalue weighted by Crippen LogP contribution is 2.22. The van der Waals surface area contributed by atoms with Crippen LogP contribution >= 0.6 is 15.9 Å². The zero-order valence-electron chi connectivity index (χ0n) is 12.6. The highest BCUT2D eigenvalue weighted by molar-refractivity contribution is 9.10. The number of hydrogen-bond donors (Lipinski definition) is 2. The van der Waals surface area contributed by atoms with Crippen molar-refractivity contribution in [1.82, 2.24) is 5.32 Å². The molecule has 0 radical (unpaired) electrons. The van der Waals surface area contributed by atoms with Crippen LogP contribution in [0.2, 0.25) is 0 Å². The molecule has 1 aliphatic rings. The topological polar surface area (TPSA) is 55.1 Å². The Labute approximate surface area is 135 Å². The van der Waals surface area contributed by atoms with Crippen molar-refractivity contribution in [2.75, 3.05) is 0 Å². The van der Waals surface area contributed by atoms with Crippen LogP contribution in [0.1, 0.15) is 44.6 Å². The van der Waals surface area contributed by atoms with Gasteiger partial charge in [0.2, 0.25) is 5.91 Å². The third-order valence-corrected chi connectivity index (χ3v) is 4.78. The molecule has 3 nitrogen and oxygen atoms in total. The lowest BCUT2D eigenvalue weighted by Gasteiger charge is -2.23. The number of halogens is 1. The van der Waals surface area contributed by atoms with Crippen molar-refractivity contribution in [3.8, 4) is 0 Å². The minimum atomic E-state index is -0.0140. The molecule has 3 atom stereocenters. The monoisotopic (exact) mass is 352 g/mol. The van der Waals surface area contributed by atoms with Crippen molar-refractivity contribution in [3.63, 3.8) is 0 Å². The van der Waals surface area contributed by atoms with Crippen LogP contribution < -0.4 is 11.1 Å². The summed E-state index contributed by atoms with van der Waals surface area (Å²) in [6, 6.07) is 8.39. The lowest BCUT2D eigenvalue weighted by molar-refractivity contribution is -0.126. The summed E-state index contributed by atoms with van der Waals surface area (Å²) < 4.78 is 1.08. The number of nitrogens with one attached hydrogen (secondary N) is 1. The van der Waals surface area contributed by atoms with Crippen molar-refractivity contribution < 1.29 is 4.79 Å². The van der Waals surface area contributed by atoms with Crippen molar-refractivity contribution >= 4 is 21.8 Å². The molecule has 0 aliphatic heterocycles. The SMILES string of the molecule is CC(Cc1ccc(Br)cc1)NC(=O)C1CCCCCC1N. The molecule has 1 aromatic carbocycles. The Morgan fingerprint density at radius 1 is 1.29 bits per heavy atom. The number of benzene rings is 1. The van der Waals surface area contributed by atoms with Crippen LogP contribution in [0.4, 0.5) is 0 Å². The summed E-state index contributed by atoms with van der Waals surface area (Å²) in [6.45, 7) is 2.06. The zero-order chi connectivity index (χ0) is 15.2. The van der Waals surface area contributed by atoms with Gasteiger partial charge >= 0.3 is 0 Å². The standard InChI is InChI=1S/C17H25BrN2O/c1-12(11-13-7-9-14(18)10-8-13)20-17(21)15-5-3-2-4-6-16(15)19/h7-10,12,15-16H,2-6,11,19H2,1H3,(H,20,21). The molecule has 0 spiro atoms. The van der Waals surface area contributed by atoms with Gasteiger partial charge in [-0.3, -0.25) is 4.79 Å². The largest absolute Gasteiger partial charge is 0.353 e.